The molecule has 0 bridgehead atoms. The summed E-state index contributed by atoms with van der Waals surface area (Å²) in [5.74, 6) is -2.43. The monoisotopic (exact) mass is 595 g/mol. The standard InChI is InChI=1S/C32H22ClN3O7/c33-26-7-3-6-22-25(32(40)43-17-28(37)19-10-14-21(15-11-19)36(41)42)16-27(34-29(22)26)18-8-12-20(13-9-18)35-30(38)23-4-1-2-5-24(23)31(35)39/h1-3,6-16,23-24H,4-5,17H2. The van der Waals surface area contributed by atoms with Crippen molar-refractivity contribution in [2.45, 2.75) is 12.8 Å². The Morgan fingerprint density at radius 3 is 2.23 bits per heavy atom. The number of carbonyl (C=O) groups is 4. The van der Waals surface area contributed by atoms with Crippen molar-refractivity contribution in [1.29, 1.82) is 0 Å². The molecule has 2 amide bonds. The number of Topliss-reactive ketones (excluding diaryl/α,β-unsaturated/α-hetero) is 1. The van der Waals surface area contributed by atoms with Crippen molar-refractivity contribution in [1.82, 2.24) is 4.98 Å². The number of nitro groups is 1. The lowest BCUT2D eigenvalue weighted by molar-refractivity contribution is -0.384. The molecule has 1 aliphatic heterocycles. The van der Waals surface area contributed by atoms with Crippen LogP contribution in [0.25, 0.3) is 22.2 Å². The van der Waals surface area contributed by atoms with E-state index in [1.165, 1.54) is 35.2 Å². The molecule has 0 radical (unpaired) electrons. The van der Waals surface area contributed by atoms with Crippen molar-refractivity contribution in [2.24, 2.45) is 11.8 Å². The first-order chi connectivity index (χ1) is 20.7. The van der Waals surface area contributed by atoms with E-state index in [4.69, 9.17) is 16.3 Å². The molecule has 2 atom stereocenters. The van der Waals surface area contributed by atoms with E-state index in [-0.39, 0.29) is 40.5 Å². The Morgan fingerprint density at radius 2 is 1.60 bits per heavy atom. The van der Waals surface area contributed by atoms with E-state index in [0.29, 0.717) is 45.7 Å². The molecule has 3 aromatic carbocycles. The highest BCUT2D eigenvalue weighted by atomic mass is 35.5. The third-order valence-electron chi connectivity index (χ3n) is 7.67. The molecule has 1 aliphatic carbocycles. The fourth-order valence-corrected chi connectivity index (χ4v) is 5.64. The molecule has 2 heterocycles. The summed E-state index contributed by atoms with van der Waals surface area (Å²) < 4.78 is 5.34. The second-order valence-electron chi connectivity index (χ2n) is 10.2. The van der Waals surface area contributed by atoms with Crippen LogP contribution in [0.4, 0.5) is 11.4 Å². The first-order valence-corrected chi connectivity index (χ1v) is 13.8. The van der Waals surface area contributed by atoms with Crippen molar-refractivity contribution in [2.75, 3.05) is 11.5 Å². The molecule has 0 N–H and O–H groups in total. The normalized spacial score (nSPS) is 17.7. The highest BCUT2D eigenvalue weighted by Crippen LogP contribution is 2.38. The number of fused-ring (bicyclic) bond motifs is 2. The number of allylic oxidation sites excluding steroid dienone is 2. The number of aromatic nitrogens is 1. The predicted octanol–water partition coefficient (Wildman–Crippen LogP) is 5.96. The maximum Gasteiger partial charge on any atom is 0.339 e. The van der Waals surface area contributed by atoms with Crippen molar-refractivity contribution in [3.8, 4) is 11.3 Å². The van der Waals surface area contributed by atoms with E-state index in [1.54, 1.807) is 42.5 Å². The number of esters is 1. The summed E-state index contributed by atoms with van der Waals surface area (Å²) in [7, 11) is 0. The number of imide groups is 1. The summed E-state index contributed by atoms with van der Waals surface area (Å²) in [4.78, 5) is 68.0. The van der Waals surface area contributed by atoms with Crippen LogP contribution in [0.3, 0.4) is 0 Å². The molecule has 10 nitrogen and oxygen atoms in total. The number of hydrogen-bond acceptors (Lipinski definition) is 8. The lowest BCUT2D eigenvalue weighted by atomic mass is 9.85. The van der Waals surface area contributed by atoms with Crippen LogP contribution in [0, 0.1) is 22.0 Å². The minimum absolute atomic E-state index is 0.129. The van der Waals surface area contributed by atoms with Gasteiger partial charge in [-0.05, 0) is 49.2 Å². The maximum absolute atomic E-state index is 13.2. The number of anilines is 1. The summed E-state index contributed by atoms with van der Waals surface area (Å²) in [5, 5.41) is 11.6. The van der Waals surface area contributed by atoms with Crippen molar-refractivity contribution >= 4 is 57.4 Å². The molecule has 4 aromatic rings. The number of benzene rings is 3. The predicted molar refractivity (Wildman–Crippen MR) is 158 cm³/mol. The van der Waals surface area contributed by atoms with Crippen LogP contribution in [-0.2, 0) is 14.3 Å². The number of halogens is 1. The maximum atomic E-state index is 13.2. The van der Waals surface area contributed by atoms with Gasteiger partial charge in [-0.1, -0.05) is 48.0 Å². The molecule has 0 saturated carbocycles. The largest absolute Gasteiger partial charge is 0.454 e. The number of carbonyl (C=O) groups excluding carboxylic acids is 4. The second kappa shape index (κ2) is 11.2. The van der Waals surface area contributed by atoms with Gasteiger partial charge in [0.25, 0.3) is 5.69 Å². The number of ether oxygens (including phenoxy) is 1. The number of para-hydroxylation sites is 1. The minimum atomic E-state index is -0.785. The number of nitro benzene ring substituents is 1. The van der Waals surface area contributed by atoms with Crippen LogP contribution in [-0.4, -0.2) is 40.1 Å². The zero-order valence-electron chi connectivity index (χ0n) is 22.4. The highest BCUT2D eigenvalue weighted by Gasteiger charge is 2.47. The van der Waals surface area contributed by atoms with E-state index >= 15 is 0 Å². The molecule has 1 aromatic heterocycles. The summed E-state index contributed by atoms with van der Waals surface area (Å²) in [6.45, 7) is -0.583. The first kappa shape index (κ1) is 27.9. The second-order valence-corrected chi connectivity index (χ2v) is 10.6. The van der Waals surface area contributed by atoms with Crippen LogP contribution in [0.2, 0.25) is 5.02 Å². The highest BCUT2D eigenvalue weighted by molar-refractivity contribution is 6.35. The topological polar surface area (TPSA) is 137 Å². The Morgan fingerprint density at radius 1 is 0.953 bits per heavy atom. The van der Waals surface area contributed by atoms with E-state index in [9.17, 15) is 29.3 Å². The van der Waals surface area contributed by atoms with Crippen LogP contribution < -0.4 is 4.90 Å². The van der Waals surface area contributed by atoms with Gasteiger partial charge in [0.15, 0.2) is 12.4 Å². The SMILES string of the molecule is O=C(COC(=O)c1cc(-c2ccc(N3C(=O)C4CC=CCC4C3=O)cc2)nc2c(Cl)cccc12)c1ccc([N+](=O)[O-])cc1. The number of amides is 2. The van der Waals surface area contributed by atoms with Gasteiger partial charge in [-0.3, -0.25) is 29.4 Å². The summed E-state index contributed by atoms with van der Waals surface area (Å²) in [6, 6.07) is 18.2. The van der Waals surface area contributed by atoms with Gasteiger partial charge in [-0.25, -0.2) is 9.78 Å². The van der Waals surface area contributed by atoms with Gasteiger partial charge >= 0.3 is 5.97 Å². The summed E-state index contributed by atoms with van der Waals surface area (Å²) in [6.07, 6.45) is 4.96. The van der Waals surface area contributed by atoms with Crippen LogP contribution in [0.15, 0.2) is 84.9 Å². The van der Waals surface area contributed by atoms with Gasteiger partial charge in [0.05, 0.1) is 44.2 Å². The molecule has 0 spiro atoms. The van der Waals surface area contributed by atoms with E-state index in [2.05, 4.69) is 4.98 Å². The number of nitrogens with zero attached hydrogens (tertiary/aromatic N) is 3. The Hall–Kier alpha value is -5.22. The Labute approximate surface area is 249 Å². The van der Waals surface area contributed by atoms with Gasteiger partial charge in [-0.15, -0.1) is 0 Å². The zero-order chi connectivity index (χ0) is 30.2. The van der Waals surface area contributed by atoms with Crippen molar-refractivity contribution in [3.63, 3.8) is 0 Å². The Kier molecular flexibility index (Phi) is 7.29. The van der Waals surface area contributed by atoms with Gasteiger partial charge in [0.1, 0.15) is 0 Å². The number of ketones is 1. The Balaban J connectivity index is 1.26. The molecule has 11 heteroatoms. The molecule has 2 aliphatic rings. The van der Waals surface area contributed by atoms with Crippen LogP contribution in [0.1, 0.15) is 33.6 Å². The average Bonchev–Trinajstić information content (AvgIpc) is 3.28. The third kappa shape index (κ3) is 5.17. The van der Waals surface area contributed by atoms with E-state index in [1.807, 2.05) is 12.2 Å². The van der Waals surface area contributed by atoms with Crippen molar-refractivity contribution < 1.29 is 28.8 Å². The van der Waals surface area contributed by atoms with Crippen LogP contribution >= 0.6 is 11.6 Å². The fourth-order valence-electron chi connectivity index (χ4n) is 5.43. The minimum Gasteiger partial charge on any atom is -0.454 e. The lowest BCUT2D eigenvalue weighted by Gasteiger charge is -2.16. The molecule has 1 fully saturated rings. The lowest BCUT2D eigenvalue weighted by Crippen LogP contribution is -2.30. The van der Waals surface area contributed by atoms with Gasteiger partial charge in [0, 0.05) is 28.6 Å². The third-order valence-corrected chi connectivity index (χ3v) is 7.98. The summed E-state index contributed by atoms with van der Waals surface area (Å²) in [5.41, 5.74) is 1.91. The van der Waals surface area contributed by atoms with Crippen molar-refractivity contribution in [3.05, 3.63) is 111 Å². The average molecular weight is 596 g/mol. The molecule has 1 saturated heterocycles. The Bertz CT molecular complexity index is 1830. The molecule has 6 rings (SSSR count). The molecule has 214 valence electrons. The van der Waals surface area contributed by atoms with Crippen LogP contribution in [0.5, 0.6) is 0 Å². The van der Waals surface area contributed by atoms with Gasteiger partial charge in [-0.2, -0.15) is 0 Å². The zero-order valence-corrected chi connectivity index (χ0v) is 23.2. The quantitative estimate of drug-likeness (QED) is 0.0637. The van der Waals surface area contributed by atoms with Gasteiger partial charge in [0.2, 0.25) is 11.8 Å². The van der Waals surface area contributed by atoms with Gasteiger partial charge < -0.3 is 4.74 Å². The molecule has 43 heavy (non-hydrogen) atoms. The first-order valence-electron chi connectivity index (χ1n) is 13.4. The fraction of sp³-hybridized carbons (Fsp3) is 0.156. The summed E-state index contributed by atoms with van der Waals surface area (Å²) >= 11 is 6.44. The van der Waals surface area contributed by atoms with E-state index < -0.39 is 23.3 Å². The number of hydrogen-bond donors (Lipinski definition) is 0. The molecule has 2 unspecified atom stereocenters. The smallest absolute Gasteiger partial charge is 0.339 e. The number of rotatable bonds is 7. The molecular formula is C32H22ClN3O7. The number of non-ortho nitro benzene ring substituents is 1. The number of pyridine rings is 1. The van der Waals surface area contributed by atoms with E-state index in [0.717, 1.165) is 0 Å². The molecular weight excluding hydrogens is 574 g/mol.